The first-order valence-corrected chi connectivity index (χ1v) is 8.50. The highest BCUT2D eigenvalue weighted by Gasteiger charge is 2.23. The standard InChI is InChI=1S/C16H21N3OS/c1-21-14-6-2-5-13(10-14)19-16(20)15-7-9-18-11-12(15)4-3-8-17/h7,9,11,13-14H,2,5-6,8,10,17H2,1H3,(H,19,20). The highest BCUT2D eigenvalue weighted by atomic mass is 32.2. The van der Waals surface area contributed by atoms with E-state index in [-0.39, 0.29) is 18.5 Å². The number of carbonyl (C=O) groups excluding carboxylic acids is 1. The molecule has 1 aliphatic carbocycles. The highest BCUT2D eigenvalue weighted by molar-refractivity contribution is 7.99. The van der Waals surface area contributed by atoms with Crippen molar-refractivity contribution in [1.29, 1.82) is 0 Å². The van der Waals surface area contributed by atoms with Crippen LogP contribution in [0.3, 0.4) is 0 Å². The molecule has 0 spiro atoms. The fourth-order valence-corrected chi connectivity index (χ4v) is 3.42. The normalized spacial score (nSPS) is 21.2. The second kappa shape index (κ2) is 8.06. The molecule has 2 rings (SSSR count). The predicted molar refractivity (Wildman–Crippen MR) is 87.2 cm³/mol. The van der Waals surface area contributed by atoms with Crippen LogP contribution in [0.4, 0.5) is 0 Å². The summed E-state index contributed by atoms with van der Waals surface area (Å²) in [5, 5.41) is 3.79. The zero-order valence-corrected chi connectivity index (χ0v) is 13.1. The maximum absolute atomic E-state index is 12.4. The summed E-state index contributed by atoms with van der Waals surface area (Å²) in [5.74, 6) is 5.62. The fourth-order valence-electron chi connectivity index (χ4n) is 2.59. The molecule has 5 heteroatoms. The molecule has 0 aromatic carbocycles. The van der Waals surface area contributed by atoms with E-state index < -0.39 is 0 Å². The molecule has 4 nitrogen and oxygen atoms in total. The molecule has 0 bridgehead atoms. The summed E-state index contributed by atoms with van der Waals surface area (Å²) in [7, 11) is 0. The Morgan fingerprint density at radius 2 is 2.43 bits per heavy atom. The summed E-state index contributed by atoms with van der Waals surface area (Å²) < 4.78 is 0. The van der Waals surface area contributed by atoms with Gasteiger partial charge >= 0.3 is 0 Å². The van der Waals surface area contributed by atoms with Gasteiger partial charge in [-0.3, -0.25) is 9.78 Å². The van der Waals surface area contributed by atoms with E-state index in [2.05, 4.69) is 28.4 Å². The Hall–Kier alpha value is -1.51. The molecular weight excluding hydrogens is 282 g/mol. The Kier molecular flexibility index (Phi) is 6.09. The molecule has 1 fully saturated rings. The Balaban J connectivity index is 2.06. The summed E-state index contributed by atoms with van der Waals surface area (Å²) in [4.78, 5) is 16.5. The van der Waals surface area contributed by atoms with Gasteiger partial charge in [-0.05, 0) is 31.6 Å². The third-order valence-electron chi connectivity index (χ3n) is 3.69. The molecule has 1 aromatic heterocycles. The van der Waals surface area contributed by atoms with Gasteiger partial charge in [-0.2, -0.15) is 11.8 Å². The number of hydrogen-bond acceptors (Lipinski definition) is 4. The molecule has 3 N–H and O–H groups in total. The van der Waals surface area contributed by atoms with Gasteiger partial charge in [-0.15, -0.1) is 0 Å². The van der Waals surface area contributed by atoms with Gasteiger partial charge in [0.2, 0.25) is 0 Å². The molecule has 1 aliphatic rings. The Labute approximate surface area is 130 Å². The lowest BCUT2D eigenvalue weighted by molar-refractivity contribution is 0.0928. The summed E-state index contributed by atoms with van der Waals surface area (Å²) in [6, 6.07) is 1.97. The van der Waals surface area contributed by atoms with Crippen LogP contribution in [0.5, 0.6) is 0 Å². The Morgan fingerprint density at radius 1 is 1.57 bits per heavy atom. The molecule has 1 amide bonds. The number of carbonyl (C=O) groups is 1. The quantitative estimate of drug-likeness (QED) is 0.836. The molecule has 0 saturated heterocycles. The number of rotatable bonds is 3. The van der Waals surface area contributed by atoms with E-state index in [0.717, 1.165) is 12.8 Å². The first-order chi connectivity index (χ1) is 10.2. The predicted octanol–water partition coefficient (Wildman–Crippen LogP) is 1.80. The van der Waals surface area contributed by atoms with Crippen LogP contribution in [0.1, 0.15) is 41.6 Å². The van der Waals surface area contributed by atoms with Crippen molar-refractivity contribution in [3.8, 4) is 11.8 Å². The third-order valence-corrected chi connectivity index (χ3v) is 4.78. The van der Waals surface area contributed by atoms with E-state index in [1.54, 1.807) is 18.5 Å². The number of nitrogens with two attached hydrogens (primary N) is 1. The number of nitrogens with one attached hydrogen (secondary N) is 1. The molecule has 2 atom stereocenters. The number of nitrogens with zero attached hydrogens (tertiary/aromatic N) is 1. The van der Waals surface area contributed by atoms with Crippen LogP contribution >= 0.6 is 11.8 Å². The molecule has 1 heterocycles. The molecule has 21 heavy (non-hydrogen) atoms. The number of thioether (sulfide) groups is 1. The van der Waals surface area contributed by atoms with Crippen molar-refractivity contribution in [3.63, 3.8) is 0 Å². The lowest BCUT2D eigenvalue weighted by Crippen LogP contribution is -2.39. The molecule has 0 aliphatic heterocycles. The molecule has 1 saturated carbocycles. The summed E-state index contributed by atoms with van der Waals surface area (Å²) >= 11 is 1.89. The van der Waals surface area contributed by atoms with Gasteiger partial charge in [-0.1, -0.05) is 18.3 Å². The zero-order chi connectivity index (χ0) is 15.1. The van der Waals surface area contributed by atoms with Gasteiger partial charge in [0.05, 0.1) is 17.7 Å². The van der Waals surface area contributed by atoms with Crippen molar-refractivity contribution in [2.75, 3.05) is 12.8 Å². The van der Waals surface area contributed by atoms with Gasteiger partial charge in [-0.25, -0.2) is 0 Å². The van der Waals surface area contributed by atoms with E-state index in [0.29, 0.717) is 16.4 Å². The topological polar surface area (TPSA) is 68.0 Å². The minimum absolute atomic E-state index is 0.0644. The van der Waals surface area contributed by atoms with E-state index in [1.165, 1.54) is 12.8 Å². The number of pyridine rings is 1. The molecule has 2 unspecified atom stereocenters. The second-order valence-electron chi connectivity index (χ2n) is 5.12. The van der Waals surface area contributed by atoms with Crippen molar-refractivity contribution in [2.45, 2.75) is 37.0 Å². The van der Waals surface area contributed by atoms with E-state index in [1.807, 2.05) is 11.8 Å². The van der Waals surface area contributed by atoms with Crippen molar-refractivity contribution >= 4 is 17.7 Å². The van der Waals surface area contributed by atoms with Crippen LogP contribution in [0.2, 0.25) is 0 Å². The lowest BCUT2D eigenvalue weighted by atomic mass is 9.94. The van der Waals surface area contributed by atoms with Crippen LogP contribution in [0, 0.1) is 11.8 Å². The van der Waals surface area contributed by atoms with Crippen molar-refractivity contribution in [1.82, 2.24) is 10.3 Å². The van der Waals surface area contributed by atoms with Crippen LogP contribution in [0.15, 0.2) is 18.5 Å². The van der Waals surface area contributed by atoms with Gasteiger partial charge in [0.25, 0.3) is 5.91 Å². The molecule has 1 aromatic rings. The van der Waals surface area contributed by atoms with E-state index in [9.17, 15) is 4.79 Å². The first-order valence-electron chi connectivity index (χ1n) is 7.21. The number of aromatic nitrogens is 1. The average molecular weight is 303 g/mol. The summed E-state index contributed by atoms with van der Waals surface area (Å²) in [6.45, 7) is 0.272. The van der Waals surface area contributed by atoms with Crippen molar-refractivity contribution in [2.24, 2.45) is 5.73 Å². The average Bonchev–Trinajstić information content (AvgIpc) is 2.53. The van der Waals surface area contributed by atoms with E-state index in [4.69, 9.17) is 5.73 Å². The van der Waals surface area contributed by atoms with Crippen LogP contribution in [0.25, 0.3) is 0 Å². The SMILES string of the molecule is CSC1CCCC(NC(=O)c2ccncc2C#CCN)C1. The van der Waals surface area contributed by atoms with Crippen LogP contribution in [-0.4, -0.2) is 35.0 Å². The largest absolute Gasteiger partial charge is 0.349 e. The van der Waals surface area contributed by atoms with Gasteiger partial charge in [0, 0.05) is 23.7 Å². The Morgan fingerprint density at radius 3 is 3.19 bits per heavy atom. The summed E-state index contributed by atoms with van der Waals surface area (Å²) in [6.07, 6.45) is 9.89. The smallest absolute Gasteiger partial charge is 0.252 e. The summed E-state index contributed by atoms with van der Waals surface area (Å²) in [5.41, 5.74) is 6.60. The van der Waals surface area contributed by atoms with Gasteiger partial charge in [0.15, 0.2) is 0 Å². The number of amides is 1. The monoisotopic (exact) mass is 303 g/mol. The van der Waals surface area contributed by atoms with E-state index >= 15 is 0 Å². The van der Waals surface area contributed by atoms with Gasteiger partial charge in [0.1, 0.15) is 0 Å². The van der Waals surface area contributed by atoms with Crippen molar-refractivity contribution in [3.05, 3.63) is 29.6 Å². The lowest BCUT2D eigenvalue weighted by Gasteiger charge is -2.28. The first kappa shape index (κ1) is 15.9. The maximum atomic E-state index is 12.4. The zero-order valence-electron chi connectivity index (χ0n) is 12.3. The van der Waals surface area contributed by atoms with Crippen molar-refractivity contribution < 1.29 is 4.79 Å². The second-order valence-corrected chi connectivity index (χ2v) is 6.26. The third kappa shape index (κ3) is 4.48. The molecule has 0 radical (unpaired) electrons. The van der Waals surface area contributed by atoms with Crippen LogP contribution < -0.4 is 11.1 Å². The minimum atomic E-state index is -0.0644. The maximum Gasteiger partial charge on any atom is 0.252 e. The fraction of sp³-hybridized carbons (Fsp3) is 0.500. The number of hydrogen-bond donors (Lipinski definition) is 2. The minimum Gasteiger partial charge on any atom is -0.349 e. The molecular formula is C16H21N3OS. The Bertz CT molecular complexity index is 550. The van der Waals surface area contributed by atoms with Crippen LogP contribution in [-0.2, 0) is 0 Å². The van der Waals surface area contributed by atoms with Gasteiger partial charge < -0.3 is 11.1 Å². The highest BCUT2D eigenvalue weighted by Crippen LogP contribution is 2.27. The molecule has 112 valence electrons.